The molecule has 2 aromatic rings. The van der Waals surface area contributed by atoms with Gasteiger partial charge in [0, 0.05) is 17.8 Å². The molecule has 2 rings (SSSR count). The Morgan fingerprint density at radius 2 is 1.70 bits per heavy atom. The Kier molecular flexibility index (Phi) is 5.14. The highest BCUT2D eigenvalue weighted by molar-refractivity contribution is 5.93. The number of azo groups is 1. The van der Waals surface area contributed by atoms with Crippen molar-refractivity contribution in [3.05, 3.63) is 42.0 Å². The fraction of sp³-hybridized carbons (Fsp3) is 0.188. The van der Waals surface area contributed by atoms with E-state index in [0.717, 1.165) is 0 Å². The van der Waals surface area contributed by atoms with E-state index < -0.39 is 5.97 Å². The van der Waals surface area contributed by atoms with Crippen LogP contribution in [0.5, 0.6) is 11.5 Å². The highest BCUT2D eigenvalue weighted by Crippen LogP contribution is 2.32. The fourth-order valence-electron chi connectivity index (χ4n) is 1.91. The highest BCUT2D eigenvalue weighted by atomic mass is 16.5. The van der Waals surface area contributed by atoms with Crippen molar-refractivity contribution < 1.29 is 19.0 Å². The number of rotatable bonds is 5. The number of methoxy groups -OCH3 is 3. The number of esters is 1. The molecule has 0 fully saturated rings. The van der Waals surface area contributed by atoms with Crippen LogP contribution in [0.1, 0.15) is 10.4 Å². The average Bonchev–Trinajstić information content (AvgIpc) is 2.59. The van der Waals surface area contributed by atoms with Crippen LogP contribution in [0.3, 0.4) is 0 Å². The topological polar surface area (TPSA) is 95.5 Å². The van der Waals surface area contributed by atoms with Crippen molar-refractivity contribution in [2.24, 2.45) is 10.2 Å². The molecule has 0 radical (unpaired) electrons. The molecule has 0 saturated carbocycles. The Labute approximate surface area is 133 Å². The van der Waals surface area contributed by atoms with Crippen molar-refractivity contribution in [1.29, 1.82) is 0 Å². The lowest BCUT2D eigenvalue weighted by atomic mass is 10.2. The highest BCUT2D eigenvalue weighted by Gasteiger charge is 2.13. The molecule has 2 N–H and O–H groups in total. The quantitative estimate of drug-likeness (QED) is 0.517. The summed E-state index contributed by atoms with van der Waals surface area (Å²) in [6.45, 7) is 0. The number of ether oxygens (including phenoxy) is 3. The molecule has 0 aliphatic carbocycles. The predicted molar refractivity (Wildman–Crippen MR) is 85.9 cm³/mol. The van der Waals surface area contributed by atoms with Gasteiger partial charge in [-0.15, -0.1) is 5.11 Å². The minimum absolute atomic E-state index is 0.319. The van der Waals surface area contributed by atoms with Gasteiger partial charge in [-0.25, -0.2) is 4.79 Å². The van der Waals surface area contributed by atoms with Crippen LogP contribution < -0.4 is 15.2 Å². The summed E-state index contributed by atoms with van der Waals surface area (Å²) in [5.41, 5.74) is 7.65. The summed E-state index contributed by atoms with van der Waals surface area (Å²) in [6, 6.07) is 9.88. The molecule has 7 heteroatoms. The van der Waals surface area contributed by atoms with E-state index in [1.165, 1.54) is 21.3 Å². The van der Waals surface area contributed by atoms with E-state index in [2.05, 4.69) is 15.0 Å². The van der Waals surface area contributed by atoms with Crippen LogP contribution >= 0.6 is 0 Å². The van der Waals surface area contributed by atoms with Crippen LogP contribution in [-0.2, 0) is 4.74 Å². The minimum atomic E-state index is -0.481. The summed E-state index contributed by atoms with van der Waals surface area (Å²) in [4.78, 5) is 11.6. The maximum atomic E-state index is 11.6. The van der Waals surface area contributed by atoms with Crippen LogP contribution in [0.2, 0.25) is 0 Å². The summed E-state index contributed by atoms with van der Waals surface area (Å²) in [6.07, 6.45) is 0. The molecule has 0 amide bonds. The van der Waals surface area contributed by atoms with Gasteiger partial charge in [-0.1, -0.05) is 0 Å². The second-order valence-corrected chi connectivity index (χ2v) is 4.51. The summed E-state index contributed by atoms with van der Waals surface area (Å²) in [5.74, 6) is 0.398. The van der Waals surface area contributed by atoms with Gasteiger partial charge >= 0.3 is 5.97 Å². The number of nitrogens with zero attached hydrogens (tertiary/aromatic N) is 2. The second kappa shape index (κ2) is 7.26. The van der Waals surface area contributed by atoms with Crippen LogP contribution in [0.15, 0.2) is 46.6 Å². The Balaban J connectivity index is 2.31. The van der Waals surface area contributed by atoms with Gasteiger partial charge in [-0.3, -0.25) is 0 Å². The van der Waals surface area contributed by atoms with Crippen LogP contribution in [-0.4, -0.2) is 27.3 Å². The van der Waals surface area contributed by atoms with Gasteiger partial charge in [0.2, 0.25) is 0 Å². The Morgan fingerprint density at radius 1 is 0.957 bits per heavy atom. The van der Waals surface area contributed by atoms with Crippen molar-refractivity contribution in [3.8, 4) is 11.5 Å². The standard InChI is InChI=1S/C16H17N3O4/c1-21-14-9-11(5-6-12(14)16(20)23-3)18-19-13-7-4-10(17)8-15(13)22-2/h4-9H,17H2,1-3H3. The molecule has 0 aliphatic rings. The first kappa shape index (κ1) is 16.3. The molecule has 0 spiro atoms. The maximum absolute atomic E-state index is 11.6. The molecule has 0 aromatic heterocycles. The fourth-order valence-corrected chi connectivity index (χ4v) is 1.91. The Bertz CT molecular complexity index is 744. The molecule has 0 bridgehead atoms. The third-order valence-corrected chi connectivity index (χ3v) is 3.07. The van der Waals surface area contributed by atoms with E-state index in [0.29, 0.717) is 34.1 Å². The number of carbonyl (C=O) groups is 1. The van der Waals surface area contributed by atoms with Gasteiger partial charge < -0.3 is 19.9 Å². The number of carbonyl (C=O) groups excluding carboxylic acids is 1. The first-order valence-electron chi connectivity index (χ1n) is 6.70. The summed E-state index contributed by atoms with van der Waals surface area (Å²) < 4.78 is 15.1. The summed E-state index contributed by atoms with van der Waals surface area (Å²) in [5, 5.41) is 8.25. The van der Waals surface area contributed by atoms with Crippen LogP contribution in [0, 0.1) is 0 Å². The van der Waals surface area contributed by atoms with E-state index >= 15 is 0 Å². The number of anilines is 1. The number of hydrogen-bond acceptors (Lipinski definition) is 7. The van der Waals surface area contributed by atoms with Gasteiger partial charge in [-0.05, 0) is 24.3 Å². The first-order chi connectivity index (χ1) is 11.1. The van der Waals surface area contributed by atoms with Gasteiger partial charge in [0.1, 0.15) is 22.7 Å². The van der Waals surface area contributed by atoms with Gasteiger partial charge in [0.05, 0.1) is 27.0 Å². The smallest absolute Gasteiger partial charge is 0.341 e. The van der Waals surface area contributed by atoms with E-state index in [-0.39, 0.29) is 0 Å². The minimum Gasteiger partial charge on any atom is -0.496 e. The van der Waals surface area contributed by atoms with E-state index in [1.807, 2.05) is 0 Å². The summed E-state index contributed by atoms with van der Waals surface area (Å²) in [7, 11) is 4.30. The second-order valence-electron chi connectivity index (χ2n) is 4.51. The SMILES string of the molecule is COC(=O)c1ccc(N=Nc2ccc(N)cc2OC)cc1OC. The zero-order valence-electron chi connectivity index (χ0n) is 13.1. The zero-order valence-corrected chi connectivity index (χ0v) is 13.1. The van der Waals surface area contributed by atoms with Crippen molar-refractivity contribution in [2.45, 2.75) is 0 Å². The van der Waals surface area contributed by atoms with Crippen LogP contribution in [0.25, 0.3) is 0 Å². The monoisotopic (exact) mass is 315 g/mol. The van der Waals surface area contributed by atoms with Crippen molar-refractivity contribution >= 4 is 23.0 Å². The average molecular weight is 315 g/mol. The molecule has 0 heterocycles. The van der Waals surface area contributed by atoms with E-state index in [1.54, 1.807) is 36.4 Å². The lowest BCUT2D eigenvalue weighted by molar-refractivity contribution is 0.0597. The zero-order chi connectivity index (χ0) is 16.8. The molecule has 120 valence electrons. The molecule has 0 aliphatic heterocycles. The van der Waals surface area contributed by atoms with Crippen molar-refractivity contribution in [1.82, 2.24) is 0 Å². The molecule has 0 unspecified atom stereocenters. The number of nitrogens with two attached hydrogens (primary N) is 1. The first-order valence-corrected chi connectivity index (χ1v) is 6.70. The number of hydrogen-bond donors (Lipinski definition) is 1. The molecule has 0 atom stereocenters. The van der Waals surface area contributed by atoms with Crippen molar-refractivity contribution in [2.75, 3.05) is 27.1 Å². The lowest BCUT2D eigenvalue weighted by Crippen LogP contribution is -2.03. The normalized spacial score (nSPS) is 10.6. The van der Waals surface area contributed by atoms with Gasteiger partial charge in [0.15, 0.2) is 0 Å². The maximum Gasteiger partial charge on any atom is 0.341 e. The third kappa shape index (κ3) is 3.76. The van der Waals surface area contributed by atoms with Gasteiger partial charge in [-0.2, -0.15) is 5.11 Å². The molecular formula is C16H17N3O4. The largest absolute Gasteiger partial charge is 0.496 e. The predicted octanol–water partition coefficient (Wildman–Crippen LogP) is 3.49. The Morgan fingerprint density at radius 3 is 2.35 bits per heavy atom. The van der Waals surface area contributed by atoms with Crippen LogP contribution in [0.4, 0.5) is 17.1 Å². The number of nitrogen functional groups attached to an aromatic ring is 1. The lowest BCUT2D eigenvalue weighted by Gasteiger charge is -2.07. The molecule has 0 saturated heterocycles. The molecule has 23 heavy (non-hydrogen) atoms. The Hall–Kier alpha value is -3.09. The number of benzene rings is 2. The molecular weight excluding hydrogens is 298 g/mol. The van der Waals surface area contributed by atoms with Gasteiger partial charge in [0.25, 0.3) is 0 Å². The van der Waals surface area contributed by atoms with E-state index in [9.17, 15) is 4.79 Å². The molecule has 2 aromatic carbocycles. The van der Waals surface area contributed by atoms with E-state index in [4.69, 9.17) is 15.2 Å². The van der Waals surface area contributed by atoms with Crippen molar-refractivity contribution in [3.63, 3.8) is 0 Å². The molecule has 7 nitrogen and oxygen atoms in total. The third-order valence-electron chi connectivity index (χ3n) is 3.07. The summed E-state index contributed by atoms with van der Waals surface area (Å²) >= 11 is 0.